The zero-order valence-corrected chi connectivity index (χ0v) is 13.3. The lowest BCUT2D eigenvalue weighted by atomic mass is 9.66. The molecule has 1 saturated carbocycles. The Morgan fingerprint density at radius 1 is 1.32 bits per heavy atom. The maximum atomic E-state index is 12.4. The van der Waals surface area contributed by atoms with Crippen LogP contribution in [0.1, 0.15) is 37.7 Å². The molecule has 1 aliphatic heterocycles. The molecule has 0 radical (unpaired) electrons. The molecule has 22 heavy (non-hydrogen) atoms. The number of piperidine rings is 1. The summed E-state index contributed by atoms with van der Waals surface area (Å²) in [7, 11) is 1.81. The Morgan fingerprint density at radius 3 is 2.77 bits per heavy atom. The van der Waals surface area contributed by atoms with Crippen molar-refractivity contribution < 1.29 is 9.90 Å². The molecule has 1 aliphatic carbocycles. The smallest absolute Gasteiger partial charge is 0.236 e. The first-order valence-electron chi connectivity index (χ1n) is 8.39. The molecule has 1 aromatic carbocycles. The number of benzene rings is 1. The number of likely N-dealkylation sites (tertiary alicyclic amines) is 1. The van der Waals surface area contributed by atoms with Crippen LogP contribution in [-0.2, 0) is 10.4 Å². The van der Waals surface area contributed by atoms with Crippen LogP contribution >= 0.6 is 0 Å². The van der Waals surface area contributed by atoms with Crippen molar-refractivity contribution in [3.63, 3.8) is 0 Å². The molecule has 3 rings (SSSR count). The number of carbonyl (C=O) groups excluding carboxylic acids is 1. The summed E-state index contributed by atoms with van der Waals surface area (Å²) in [5, 5.41) is 14.4. The number of rotatable bonds is 3. The molecule has 0 bridgehead atoms. The second kappa shape index (κ2) is 6.39. The first kappa shape index (κ1) is 15.5. The standard InChI is InChI=1S/C18H26N2O2/c1-19-13-17(21)20-12-11-18(22,14-7-3-2-4-8-14)15-9-5-6-10-16(15)20/h2-4,7-8,15-16,19,22H,5-6,9-13H2,1H3/t15-,16-,18+/m0/s1. The molecular weight excluding hydrogens is 276 g/mol. The maximum Gasteiger partial charge on any atom is 0.236 e. The quantitative estimate of drug-likeness (QED) is 0.896. The third-order valence-corrected chi connectivity index (χ3v) is 5.40. The number of nitrogens with one attached hydrogen (secondary N) is 1. The minimum atomic E-state index is -0.789. The Hall–Kier alpha value is -1.39. The number of likely N-dealkylation sites (N-methyl/N-ethyl adjacent to an activating group) is 1. The number of amides is 1. The molecule has 1 saturated heterocycles. The van der Waals surface area contributed by atoms with E-state index in [4.69, 9.17) is 0 Å². The third kappa shape index (κ3) is 2.66. The first-order valence-corrected chi connectivity index (χ1v) is 8.39. The van der Waals surface area contributed by atoms with Crippen molar-refractivity contribution in [2.75, 3.05) is 20.1 Å². The SMILES string of the molecule is CNCC(=O)N1CC[C@@](O)(c2ccccc2)[C@H]2CCCC[C@@H]21. The molecular formula is C18H26N2O2. The van der Waals surface area contributed by atoms with E-state index in [0.29, 0.717) is 19.5 Å². The number of hydrogen-bond acceptors (Lipinski definition) is 3. The van der Waals surface area contributed by atoms with E-state index < -0.39 is 5.60 Å². The molecule has 0 spiro atoms. The highest BCUT2D eigenvalue weighted by atomic mass is 16.3. The fourth-order valence-corrected chi connectivity index (χ4v) is 4.33. The Morgan fingerprint density at radius 2 is 2.05 bits per heavy atom. The second-order valence-corrected chi connectivity index (χ2v) is 6.62. The van der Waals surface area contributed by atoms with Crippen molar-refractivity contribution in [1.29, 1.82) is 0 Å². The van der Waals surface area contributed by atoms with E-state index in [9.17, 15) is 9.90 Å². The fraction of sp³-hybridized carbons (Fsp3) is 0.611. The largest absolute Gasteiger partial charge is 0.385 e. The predicted octanol–water partition coefficient (Wildman–Crippen LogP) is 1.88. The van der Waals surface area contributed by atoms with Crippen LogP contribution in [0.3, 0.4) is 0 Å². The van der Waals surface area contributed by atoms with Crippen LogP contribution in [0.5, 0.6) is 0 Å². The number of hydrogen-bond donors (Lipinski definition) is 2. The van der Waals surface area contributed by atoms with Crippen LogP contribution < -0.4 is 5.32 Å². The molecule has 2 N–H and O–H groups in total. The second-order valence-electron chi connectivity index (χ2n) is 6.62. The summed E-state index contributed by atoms with van der Waals surface area (Å²) in [5.74, 6) is 0.313. The Bertz CT molecular complexity index is 519. The van der Waals surface area contributed by atoms with Crippen molar-refractivity contribution in [3.8, 4) is 0 Å². The predicted molar refractivity (Wildman–Crippen MR) is 86.3 cm³/mol. The molecule has 4 heteroatoms. The average molecular weight is 302 g/mol. The summed E-state index contributed by atoms with van der Waals surface area (Å²) in [6, 6.07) is 10.2. The highest BCUT2D eigenvalue weighted by Crippen LogP contribution is 2.46. The molecule has 3 atom stereocenters. The fourth-order valence-electron chi connectivity index (χ4n) is 4.33. The van der Waals surface area contributed by atoms with E-state index in [1.54, 1.807) is 7.05 Å². The zero-order valence-electron chi connectivity index (χ0n) is 13.3. The molecule has 1 aromatic rings. The molecule has 2 aliphatic rings. The molecule has 0 aromatic heterocycles. The monoisotopic (exact) mass is 302 g/mol. The number of aliphatic hydroxyl groups is 1. The topological polar surface area (TPSA) is 52.6 Å². The summed E-state index contributed by atoms with van der Waals surface area (Å²) in [5.41, 5.74) is 0.218. The summed E-state index contributed by atoms with van der Waals surface area (Å²) >= 11 is 0. The van der Waals surface area contributed by atoms with E-state index >= 15 is 0 Å². The molecule has 2 fully saturated rings. The van der Waals surface area contributed by atoms with Gasteiger partial charge in [0.05, 0.1) is 12.1 Å². The Kier molecular flexibility index (Phi) is 4.50. The van der Waals surface area contributed by atoms with Gasteiger partial charge < -0.3 is 15.3 Å². The van der Waals surface area contributed by atoms with E-state index in [2.05, 4.69) is 5.32 Å². The number of carbonyl (C=O) groups is 1. The van der Waals surface area contributed by atoms with Gasteiger partial charge in [-0.1, -0.05) is 43.2 Å². The van der Waals surface area contributed by atoms with Crippen molar-refractivity contribution in [2.24, 2.45) is 5.92 Å². The van der Waals surface area contributed by atoms with Gasteiger partial charge in [0.15, 0.2) is 0 Å². The first-order chi connectivity index (χ1) is 10.7. The van der Waals surface area contributed by atoms with Crippen molar-refractivity contribution >= 4 is 5.91 Å². The molecule has 0 unspecified atom stereocenters. The van der Waals surface area contributed by atoms with E-state index in [1.165, 1.54) is 0 Å². The van der Waals surface area contributed by atoms with Gasteiger partial charge >= 0.3 is 0 Å². The van der Waals surface area contributed by atoms with Crippen molar-refractivity contribution in [3.05, 3.63) is 35.9 Å². The van der Waals surface area contributed by atoms with Gasteiger partial charge in [-0.05, 0) is 31.9 Å². The minimum Gasteiger partial charge on any atom is -0.385 e. The van der Waals surface area contributed by atoms with Gasteiger partial charge in [-0.25, -0.2) is 0 Å². The van der Waals surface area contributed by atoms with Gasteiger partial charge in [0.25, 0.3) is 0 Å². The lowest BCUT2D eigenvalue weighted by Crippen LogP contribution is -2.59. The number of nitrogens with zero attached hydrogens (tertiary/aromatic N) is 1. The molecule has 1 heterocycles. The average Bonchev–Trinajstić information content (AvgIpc) is 2.56. The summed E-state index contributed by atoms with van der Waals surface area (Å²) in [6.45, 7) is 1.03. The summed E-state index contributed by atoms with van der Waals surface area (Å²) in [4.78, 5) is 14.4. The van der Waals surface area contributed by atoms with Crippen LogP contribution in [0.15, 0.2) is 30.3 Å². The molecule has 120 valence electrons. The van der Waals surface area contributed by atoms with Gasteiger partial charge in [-0.2, -0.15) is 0 Å². The van der Waals surface area contributed by atoms with Crippen molar-refractivity contribution in [2.45, 2.75) is 43.7 Å². The van der Waals surface area contributed by atoms with Gasteiger partial charge in [0.2, 0.25) is 5.91 Å². The molecule has 1 amide bonds. The summed E-state index contributed by atoms with van der Waals surface area (Å²) in [6.07, 6.45) is 4.93. The third-order valence-electron chi connectivity index (χ3n) is 5.40. The maximum absolute atomic E-state index is 12.4. The van der Waals surface area contributed by atoms with Gasteiger partial charge in [-0.15, -0.1) is 0 Å². The highest BCUT2D eigenvalue weighted by Gasteiger charge is 2.49. The van der Waals surface area contributed by atoms with Crippen LogP contribution in [-0.4, -0.2) is 42.1 Å². The lowest BCUT2D eigenvalue weighted by Gasteiger charge is -2.52. The Balaban J connectivity index is 1.89. The van der Waals surface area contributed by atoms with E-state index in [-0.39, 0.29) is 17.9 Å². The lowest BCUT2D eigenvalue weighted by molar-refractivity contribution is -0.154. The normalized spacial score (nSPS) is 31.6. The van der Waals surface area contributed by atoms with Gasteiger partial charge in [-0.3, -0.25) is 4.79 Å². The van der Waals surface area contributed by atoms with Crippen LogP contribution in [0, 0.1) is 5.92 Å². The van der Waals surface area contributed by atoms with Crippen LogP contribution in [0.2, 0.25) is 0 Å². The highest BCUT2D eigenvalue weighted by molar-refractivity contribution is 5.78. The van der Waals surface area contributed by atoms with Crippen LogP contribution in [0.25, 0.3) is 0 Å². The van der Waals surface area contributed by atoms with Gasteiger partial charge in [0.1, 0.15) is 0 Å². The van der Waals surface area contributed by atoms with Gasteiger partial charge in [0, 0.05) is 18.5 Å². The zero-order chi connectivity index (χ0) is 15.6. The summed E-state index contributed by atoms with van der Waals surface area (Å²) < 4.78 is 0. The van der Waals surface area contributed by atoms with E-state index in [0.717, 1.165) is 31.2 Å². The minimum absolute atomic E-state index is 0.151. The Labute approximate surface area is 132 Å². The molecule has 4 nitrogen and oxygen atoms in total. The van der Waals surface area contributed by atoms with E-state index in [1.807, 2.05) is 35.2 Å². The number of fused-ring (bicyclic) bond motifs is 1. The van der Waals surface area contributed by atoms with Crippen LogP contribution in [0.4, 0.5) is 0 Å². The van der Waals surface area contributed by atoms with Crippen molar-refractivity contribution in [1.82, 2.24) is 10.2 Å².